The summed E-state index contributed by atoms with van der Waals surface area (Å²) in [5.41, 5.74) is 2.95. The molecule has 0 aliphatic carbocycles. The summed E-state index contributed by atoms with van der Waals surface area (Å²) in [5.74, 6) is -1.27. The van der Waals surface area contributed by atoms with Crippen molar-refractivity contribution in [1.29, 1.82) is 0 Å². The second-order valence-electron chi connectivity index (χ2n) is 2.22. The molecule has 0 amide bonds. The molecule has 5 heteroatoms. The van der Waals surface area contributed by atoms with Crippen LogP contribution in [0, 0.1) is 0 Å². The number of hydroxylamine groups is 1. The molecule has 0 aliphatic heterocycles. The maximum absolute atomic E-state index is 9.96. The van der Waals surface area contributed by atoms with Gasteiger partial charge in [-0.05, 0) is 11.4 Å². The van der Waals surface area contributed by atoms with Crippen molar-refractivity contribution in [3.8, 4) is 0 Å². The topological polar surface area (TPSA) is 61.4 Å². The van der Waals surface area contributed by atoms with Crippen molar-refractivity contribution in [2.45, 2.75) is 0 Å². The Bertz CT molecular complexity index is 294. The Morgan fingerprint density at radius 3 is 3.08 bits per heavy atom. The lowest BCUT2D eigenvalue weighted by molar-refractivity contribution is -0.310. The van der Waals surface area contributed by atoms with E-state index in [-0.39, 0.29) is 0 Å². The molecular weight excluding hydrogens is 190 g/mol. The highest BCUT2D eigenvalue weighted by Gasteiger charge is 1.98. The third-order valence-corrected chi connectivity index (χ3v) is 2.13. The number of carbonyl (C=O) groups excluding carboxylic acids is 1. The zero-order chi connectivity index (χ0) is 9.68. The molecule has 0 saturated carbocycles. The normalized spacial score (nSPS) is 9.54. The highest BCUT2D eigenvalue weighted by Crippen LogP contribution is 2.15. The van der Waals surface area contributed by atoms with Crippen molar-refractivity contribution in [3.05, 3.63) is 29.0 Å². The Balaban J connectivity index is 2.31. The van der Waals surface area contributed by atoms with Crippen LogP contribution in [0.5, 0.6) is 0 Å². The molecule has 0 atom stereocenters. The highest BCUT2D eigenvalue weighted by atomic mass is 32.1. The van der Waals surface area contributed by atoms with E-state index in [1.54, 1.807) is 0 Å². The lowest BCUT2D eigenvalue weighted by atomic mass is 10.4. The summed E-state index contributed by atoms with van der Waals surface area (Å²) < 4.78 is 0. The minimum absolute atomic E-state index is 0.496. The maximum atomic E-state index is 9.96. The fourth-order valence-corrected chi connectivity index (χ4v) is 1.33. The molecule has 0 radical (unpaired) electrons. The molecule has 70 valence electrons. The van der Waals surface area contributed by atoms with Gasteiger partial charge in [0.25, 0.3) is 0 Å². The predicted octanol–water partition coefficient (Wildman–Crippen LogP) is -0.0101. The maximum Gasteiger partial charge on any atom is 0.114 e. The van der Waals surface area contributed by atoms with E-state index in [2.05, 4.69) is 16.9 Å². The van der Waals surface area contributed by atoms with Crippen LogP contribution in [0.3, 0.4) is 0 Å². The van der Waals surface area contributed by atoms with E-state index >= 15 is 0 Å². The average molecular weight is 198 g/mol. The van der Waals surface area contributed by atoms with Gasteiger partial charge in [0.05, 0.1) is 16.5 Å². The lowest BCUT2D eigenvalue weighted by Gasteiger charge is -2.07. The summed E-state index contributed by atoms with van der Waals surface area (Å²) in [5, 5.41) is 11.9. The summed E-state index contributed by atoms with van der Waals surface area (Å²) in [7, 11) is 0. The van der Waals surface area contributed by atoms with Crippen LogP contribution in [0.4, 0.5) is 0 Å². The number of thiophene rings is 1. The molecular formula is C8H8NO3S-. The van der Waals surface area contributed by atoms with Crippen molar-refractivity contribution in [2.75, 3.05) is 6.61 Å². The van der Waals surface area contributed by atoms with Crippen LogP contribution in [-0.4, -0.2) is 12.6 Å². The molecule has 0 aliphatic rings. The van der Waals surface area contributed by atoms with Gasteiger partial charge in [-0.2, -0.15) is 0 Å². The zero-order valence-corrected chi connectivity index (χ0v) is 7.60. The van der Waals surface area contributed by atoms with Crippen molar-refractivity contribution in [3.63, 3.8) is 0 Å². The van der Waals surface area contributed by atoms with Crippen LogP contribution >= 0.6 is 11.3 Å². The number of carboxylic acids is 1. The van der Waals surface area contributed by atoms with E-state index in [1.165, 1.54) is 11.3 Å². The van der Waals surface area contributed by atoms with Crippen molar-refractivity contribution in [1.82, 2.24) is 5.48 Å². The van der Waals surface area contributed by atoms with E-state index in [4.69, 9.17) is 0 Å². The van der Waals surface area contributed by atoms with Crippen LogP contribution in [0.25, 0.3) is 5.70 Å². The van der Waals surface area contributed by atoms with Gasteiger partial charge in [-0.3, -0.25) is 10.3 Å². The van der Waals surface area contributed by atoms with Crippen molar-refractivity contribution < 1.29 is 14.7 Å². The number of nitrogens with one attached hydrogen (secondary N) is 1. The fourth-order valence-electron chi connectivity index (χ4n) is 0.683. The van der Waals surface area contributed by atoms with Crippen molar-refractivity contribution >= 4 is 23.0 Å². The Morgan fingerprint density at radius 2 is 2.54 bits per heavy atom. The zero-order valence-electron chi connectivity index (χ0n) is 6.78. The summed E-state index contributed by atoms with van der Waals surface area (Å²) in [6, 6.07) is 3.72. The molecule has 0 aromatic carbocycles. The number of aliphatic carboxylic acids is 1. The van der Waals surface area contributed by atoms with Gasteiger partial charge in [0.15, 0.2) is 0 Å². The minimum Gasteiger partial charge on any atom is -0.548 e. The standard InChI is InChI=1S/C8H9NO3S/c1-6(7-3-2-4-13-7)9-12-5-8(10)11/h2-4,9H,1,5H2,(H,10,11)/p-1. The van der Waals surface area contributed by atoms with Gasteiger partial charge in [-0.15, -0.1) is 11.3 Å². The van der Waals surface area contributed by atoms with Crippen LogP contribution < -0.4 is 10.6 Å². The van der Waals surface area contributed by atoms with E-state index < -0.39 is 12.6 Å². The molecule has 1 aromatic rings. The molecule has 0 bridgehead atoms. The molecule has 0 spiro atoms. The molecule has 0 saturated heterocycles. The van der Waals surface area contributed by atoms with Gasteiger partial charge in [-0.25, -0.2) is 0 Å². The number of rotatable bonds is 5. The van der Waals surface area contributed by atoms with Gasteiger partial charge in [0.1, 0.15) is 6.61 Å². The van der Waals surface area contributed by atoms with Crippen LogP contribution in [0.2, 0.25) is 0 Å². The summed E-state index contributed by atoms with van der Waals surface area (Å²) in [4.78, 5) is 15.4. The first-order chi connectivity index (χ1) is 6.20. The third kappa shape index (κ3) is 3.27. The van der Waals surface area contributed by atoms with E-state index in [0.29, 0.717) is 5.70 Å². The molecule has 1 rings (SSSR count). The van der Waals surface area contributed by atoms with Crippen LogP contribution in [0.15, 0.2) is 24.1 Å². The first kappa shape index (κ1) is 9.76. The second-order valence-corrected chi connectivity index (χ2v) is 3.17. The number of carboxylic acid groups (broad SMARTS) is 1. The smallest absolute Gasteiger partial charge is 0.114 e. The van der Waals surface area contributed by atoms with E-state index in [9.17, 15) is 9.90 Å². The van der Waals surface area contributed by atoms with Crippen LogP contribution in [-0.2, 0) is 9.63 Å². The van der Waals surface area contributed by atoms with Gasteiger partial charge in [0.2, 0.25) is 0 Å². The first-order valence-corrected chi connectivity index (χ1v) is 4.38. The number of hydrogen-bond donors (Lipinski definition) is 1. The molecule has 1 N–H and O–H groups in total. The monoisotopic (exact) mass is 198 g/mol. The highest BCUT2D eigenvalue weighted by molar-refractivity contribution is 7.11. The summed E-state index contributed by atoms with van der Waals surface area (Å²) >= 11 is 1.48. The van der Waals surface area contributed by atoms with Gasteiger partial charge in [-0.1, -0.05) is 12.6 Å². The van der Waals surface area contributed by atoms with Crippen LogP contribution in [0.1, 0.15) is 4.88 Å². The molecule has 4 nitrogen and oxygen atoms in total. The SMILES string of the molecule is C=C(NOCC(=O)[O-])c1cccs1. The largest absolute Gasteiger partial charge is 0.548 e. The van der Waals surface area contributed by atoms with E-state index in [0.717, 1.165) is 4.88 Å². The average Bonchev–Trinajstić information content (AvgIpc) is 2.55. The Labute approximate surface area is 79.4 Å². The minimum atomic E-state index is -1.27. The molecule has 0 fully saturated rings. The molecule has 1 heterocycles. The third-order valence-electron chi connectivity index (χ3n) is 1.20. The lowest BCUT2D eigenvalue weighted by Crippen LogP contribution is -2.30. The fraction of sp³-hybridized carbons (Fsp3) is 0.125. The molecule has 1 aromatic heterocycles. The van der Waals surface area contributed by atoms with Crippen molar-refractivity contribution in [2.24, 2.45) is 0 Å². The molecule has 13 heavy (non-hydrogen) atoms. The predicted molar refractivity (Wildman–Crippen MR) is 47.4 cm³/mol. The second kappa shape index (κ2) is 4.64. The summed E-state index contributed by atoms with van der Waals surface area (Å²) in [6.07, 6.45) is 0. The Hall–Kier alpha value is -1.33. The Kier molecular flexibility index (Phi) is 3.48. The quantitative estimate of drug-likeness (QED) is 0.676. The van der Waals surface area contributed by atoms with Gasteiger partial charge < -0.3 is 9.90 Å². The number of carbonyl (C=O) groups is 1. The molecule has 0 unspecified atom stereocenters. The van der Waals surface area contributed by atoms with Gasteiger partial charge >= 0.3 is 0 Å². The first-order valence-electron chi connectivity index (χ1n) is 3.50. The number of hydrogen-bond acceptors (Lipinski definition) is 5. The van der Waals surface area contributed by atoms with E-state index in [1.807, 2.05) is 17.5 Å². The summed E-state index contributed by atoms with van der Waals surface area (Å²) in [6.45, 7) is 3.16. The van der Waals surface area contributed by atoms with Gasteiger partial charge in [0, 0.05) is 0 Å². The Morgan fingerprint density at radius 1 is 1.77 bits per heavy atom.